The summed E-state index contributed by atoms with van der Waals surface area (Å²) in [6.45, 7) is 5.80. The largest absolute Gasteiger partial charge is 0.481 e. The lowest BCUT2D eigenvalue weighted by Crippen LogP contribution is -2.56. The number of hydrogen-bond donors (Lipinski definition) is 3. The fourth-order valence-electron chi connectivity index (χ4n) is 5.26. The summed E-state index contributed by atoms with van der Waals surface area (Å²) in [5.74, 6) is -1.65. The minimum absolute atomic E-state index is 0.0646. The van der Waals surface area contributed by atoms with Crippen LogP contribution >= 0.6 is 0 Å². The van der Waals surface area contributed by atoms with Crippen molar-refractivity contribution in [3.05, 3.63) is 59.7 Å². The number of fused-ring (bicyclic) bond motifs is 3. The van der Waals surface area contributed by atoms with Gasteiger partial charge in [-0.05, 0) is 46.9 Å². The lowest BCUT2D eigenvalue weighted by Gasteiger charge is -2.33. The van der Waals surface area contributed by atoms with Crippen molar-refractivity contribution in [3.8, 4) is 11.1 Å². The van der Waals surface area contributed by atoms with Gasteiger partial charge in [0.05, 0.1) is 5.92 Å². The molecule has 0 saturated heterocycles. The van der Waals surface area contributed by atoms with Crippen LogP contribution in [0.5, 0.6) is 0 Å². The van der Waals surface area contributed by atoms with Gasteiger partial charge in [0.25, 0.3) is 0 Å². The minimum atomic E-state index is -0.826. The van der Waals surface area contributed by atoms with Crippen molar-refractivity contribution < 1.29 is 24.2 Å². The first kappa shape index (κ1) is 24.8. The Hall–Kier alpha value is -3.35. The third kappa shape index (κ3) is 5.50. The first-order valence-electron chi connectivity index (χ1n) is 12.3. The molecule has 7 nitrogen and oxygen atoms in total. The van der Waals surface area contributed by atoms with Crippen molar-refractivity contribution in [2.45, 2.75) is 64.5 Å². The number of nitrogens with one attached hydrogen (secondary N) is 2. The van der Waals surface area contributed by atoms with Gasteiger partial charge in [0.1, 0.15) is 12.6 Å². The van der Waals surface area contributed by atoms with E-state index in [1.807, 2.05) is 45.0 Å². The van der Waals surface area contributed by atoms with Crippen molar-refractivity contribution in [3.63, 3.8) is 0 Å². The van der Waals surface area contributed by atoms with Crippen molar-refractivity contribution in [1.82, 2.24) is 10.6 Å². The number of carbonyl (C=O) groups is 3. The molecule has 2 aliphatic carbocycles. The molecule has 2 amide bonds. The van der Waals surface area contributed by atoms with Crippen LogP contribution in [-0.2, 0) is 14.3 Å². The first-order chi connectivity index (χ1) is 16.6. The summed E-state index contributed by atoms with van der Waals surface area (Å²) in [5.41, 5.74) is 3.98. The zero-order valence-electron chi connectivity index (χ0n) is 20.5. The highest BCUT2D eigenvalue weighted by Gasteiger charge is 2.36. The molecule has 4 rings (SSSR count). The van der Waals surface area contributed by atoms with Gasteiger partial charge < -0.3 is 20.5 Å². The zero-order chi connectivity index (χ0) is 25.2. The van der Waals surface area contributed by atoms with E-state index >= 15 is 0 Å². The summed E-state index contributed by atoms with van der Waals surface area (Å²) in [6, 6.07) is 15.2. The van der Waals surface area contributed by atoms with E-state index < -0.39 is 29.4 Å². The van der Waals surface area contributed by atoms with Gasteiger partial charge in [0.2, 0.25) is 5.91 Å². The molecule has 0 radical (unpaired) electrons. The second-order valence-corrected chi connectivity index (χ2v) is 10.7. The van der Waals surface area contributed by atoms with Gasteiger partial charge >= 0.3 is 12.1 Å². The van der Waals surface area contributed by atoms with Crippen LogP contribution in [0.2, 0.25) is 0 Å². The average Bonchev–Trinajstić information content (AvgIpc) is 3.14. The van der Waals surface area contributed by atoms with E-state index in [0.717, 1.165) is 35.1 Å². The van der Waals surface area contributed by atoms with Crippen LogP contribution in [0.15, 0.2) is 48.5 Å². The normalized spacial score (nSPS) is 20.3. The van der Waals surface area contributed by atoms with E-state index in [2.05, 4.69) is 34.9 Å². The number of hydrogen-bond acceptors (Lipinski definition) is 4. The Morgan fingerprint density at radius 3 is 2.17 bits per heavy atom. The summed E-state index contributed by atoms with van der Waals surface area (Å²) >= 11 is 0. The van der Waals surface area contributed by atoms with Gasteiger partial charge in [0, 0.05) is 12.0 Å². The molecule has 3 atom stereocenters. The van der Waals surface area contributed by atoms with Gasteiger partial charge in [-0.2, -0.15) is 0 Å². The number of benzene rings is 2. The molecule has 2 aliphatic rings. The molecule has 35 heavy (non-hydrogen) atoms. The third-order valence-electron chi connectivity index (χ3n) is 7.10. The predicted molar refractivity (Wildman–Crippen MR) is 133 cm³/mol. The van der Waals surface area contributed by atoms with E-state index in [0.29, 0.717) is 12.8 Å². The number of rotatable bonds is 6. The summed E-state index contributed by atoms with van der Waals surface area (Å²) in [7, 11) is 0. The molecule has 0 bridgehead atoms. The van der Waals surface area contributed by atoms with Crippen molar-refractivity contribution in [2.75, 3.05) is 6.61 Å². The molecule has 1 fully saturated rings. The molecule has 0 spiro atoms. The quantitative estimate of drug-likeness (QED) is 0.558. The molecular formula is C28H34N2O5. The van der Waals surface area contributed by atoms with Crippen molar-refractivity contribution in [1.29, 1.82) is 0 Å². The molecular weight excluding hydrogens is 444 g/mol. The minimum Gasteiger partial charge on any atom is -0.481 e. The fraction of sp³-hybridized carbons (Fsp3) is 0.464. The Morgan fingerprint density at radius 1 is 1.00 bits per heavy atom. The zero-order valence-corrected chi connectivity index (χ0v) is 20.5. The molecule has 0 aromatic heterocycles. The highest BCUT2D eigenvalue weighted by Crippen LogP contribution is 2.44. The van der Waals surface area contributed by atoms with E-state index in [1.54, 1.807) is 0 Å². The standard InChI is InChI=1S/C28H34N2O5/c1-28(2,3)24(25(31)29-18-10-8-9-17(15-18)26(32)33)30-27(34)35-16-23-21-13-6-4-11-19(21)20-12-5-7-14-22(20)23/h4-7,11-14,17-18,23-24H,8-10,15-16H2,1-3H3,(H,29,31)(H,30,34)(H,32,33)/t17?,18?,24-/m0/s1. The van der Waals surface area contributed by atoms with Crippen LogP contribution in [-0.4, -0.2) is 41.8 Å². The van der Waals surface area contributed by atoms with Crippen molar-refractivity contribution >= 4 is 18.0 Å². The van der Waals surface area contributed by atoms with E-state index in [1.165, 1.54) is 0 Å². The second-order valence-electron chi connectivity index (χ2n) is 10.7. The van der Waals surface area contributed by atoms with Gasteiger partial charge in [-0.1, -0.05) is 75.7 Å². The van der Waals surface area contributed by atoms with E-state index in [4.69, 9.17) is 4.74 Å². The number of alkyl carbamates (subject to hydrolysis) is 1. The summed E-state index contributed by atoms with van der Waals surface area (Å²) in [5, 5.41) is 15.1. The number of carboxylic acid groups (broad SMARTS) is 1. The maximum Gasteiger partial charge on any atom is 0.407 e. The molecule has 2 aromatic carbocycles. The highest BCUT2D eigenvalue weighted by atomic mass is 16.5. The van der Waals surface area contributed by atoms with Crippen LogP contribution in [0.1, 0.15) is 63.5 Å². The Morgan fingerprint density at radius 2 is 1.60 bits per heavy atom. The monoisotopic (exact) mass is 478 g/mol. The summed E-state index contributed by atoms with van der Waals surface area (Å²) in [4.78, 5) is 37.3. The van der Waals surface area contributed by atoms with Crippen LogP contribution in [0.3, 0.4) is 0 Å². The first-order valence-corrected chi connectivity index (χ1v) is 12.3. The second kappa shape index (κ2) is 10.1. The maximum absolute atomic E-state index is 13.1. The molecule has 0 aliphatic heterocycles. The third-order valence-corrected chi connectivity index (χ3v) is 7.10. The topological polar surface area (TPSA) is 105 Å². The summed E-state index contributed by atoms with van der Waals surface area (Å²) in [6.07, 6.45) is 1.87. The number of ether oxygens (including phenoxy) is 1. The summed E-state index contributed by atoms with van der Waals surface area (Å²) < 4.78 is 5.65. The number of carboxylic acids is 1. The van der Waals surface area contributed by atoms with E-state index in [-0.39, 0.29) is 24.5 Å². The van der Waals surface area contributed by atoms with Gasteiger partial charge in [-0.3, -0.25) is 9.59 Å². The molecule has 186 valence electrons. The van der Waals surface area contributed by atoms with Crippen LogP contribution in [0, 0.1) is 11.3 Å². The molecule has 0 heterocycles. The number of carbonyl (C=O) groups excluding carboxylic acids is 2. The van der Waals surface area contributed by atoms with Crippen LogP contribution in [0.4, 0.5) is 4.79 Å². The predicted octanol–water partition coefficient (Wildman–Crippen LogP) is 4.70. The lowest BCUT2D eigenvalue weighted by atomic mass is 9.83. The highest BCUT2D eigenvalue weighted by molar-refractivity contribution is 5.87. The Bertz CT molecular complexity index is 1060. The van der Waals surface area contributed by atoms with Gasteiger partial charge in [-0.25, -0.2) is 4.79 Å². The maximum atomic E-state index is 13.1. The smallest absolute Gasteiger partial charge is 0.407 e. The fourth-order valence-corrected chi connectivity index (χ4v) is 5.26. The Balaban J connectivity index is 1.40. The molecule has 3 N–H and O–H groups in total. The van der Waals surface area contributed by atoms with Crippen LogP contribution < -0.4 is 10.6 Å². The van der Waals surface area contributed by atoms with E-state index in [9.17, 15) is 19.5 Å². The van der Waals surface area contributed by atoms with Crippen molar-refractivity contribution in [2.24, 2.45) is 11.3 Å². The van der Waals surface area contributed by atoms with Crippen LogP contribution in [0.25, 0.3) is 11.1 Å². The molecule has 1 saturated carbocycles. The molecule has 2 unspecified atom stereocenters. The SMILES string of the molecule is CC(C)(C)[C@@H](NC(=O)OCC1c2ccccc2-c2ccccc21)C(=O)NC1CCCC(C(=O)O)C1. The number of amides is 2. The average molecular weight is 479 g/mol. The lowest BCUT2D eigenvalue weighted by molar-refractivity contribution is -0.143. The molecule has 2 aromatic rings. The van der Waals surface area contributed by atoms with Gasteiger partial charge in [0.15, 0.2) is 0 Å². The van der Waals surface area contributed by atoms with Gasteiger partial charge in [-0.15, -0.1) is 0 Å². The Labute approximate surface area is 206 Å². The molecule has 7 heteroatoms. The Kier molecular flexibility index (Phi) is 7.15. The number of aliphatic carboxylic acids is 1.